The van der Waals surface area contributed by atoms with Crippen LogP contribution >= 0.6 is 0 Å². The zero-order chi connectivity index (χ0) is 97.1. The predicted molar refractivity (Wildman–Crippen MR) is 568 cm³/mol. The molecule has 698 valence electrons. The molecule has 3 N–H and O–H groups in total. The molecule has 10 aromatic carbocycles. The highest BCUT2D eigenvalue weighted by molar-refractivity contribution is 6.05. The van der Waals surface area contributed by atoms with Crippen LogP contribution in [0.2, 0.25) is 0 Å². The Hall–Kier alpha value is -14.9. The fourth-order valence-corrected chi connectivity index (χ4v) is 20.3. The van der Waals surface area contributed by atoms with Crippen LogP contribution in [-0.2, 0) is 0 Å². The van der Waals surface area contributed by atoms with Crippen LogP contribution in [0.1, 0.15) is 186 Å². The number of benzene rings is 10. The molecule has 17 heteroatoms. The van der Waals surface area contributed by atoms with Gasteiger partial charge in [0.1, 0.15) is 11.5 Å². The molecule has 0 bridgehead atoms. The topological polar surface area (TPSA) is 151 Å². The Labute approximate surface area is 813 Å². The second-order valence-electron chi connectivity index (χ2n) is 37.8. The van der Waals surface area contributed by atoms with E-state index in [-0.39, 0.29) is 25.7 Å². The Bertz CT molecular complexity index is 7100. The van der Waals surface area contributed by atoms with Crippen molar-refractivity contribution < 1.29 is 24.8 Å². The van der Waals surface area contributed by atoms with Crippen LogP contribution in [-0.4, -0.2) is 80.7 Å². The summed E-state index contributed by atoms with van der Waals surface area (Å²) in [6.07, 6.45) is 29.4. The van der Waals surface area contributed by atoms with E-state index in [1.165, 1.54) is 94.4 Å². The lowest BCUT2D eigenvalue weighted by Gasteiger charge is -2.27. The van der Waals surface area contributed by atoms with Gasteiger partial charge in [0.25, 0.3) is 0 Å². The molecule has 17 nitrogen and oxygen atoms in total. The Balaban J connectivity index is 0.000000131. The maximum absolute atomic E-state index is 9.91. The summed E-state index contributed by atoms with van der Waals surface area (Å²) in [5.74, 6) is 1.66. The van der Waals surface area contributed by atoms with E-state index in [9.17, 15) is 15.3 Å². The Morgan fingerprint density at radius 2 is 0.507 bits per heavy atom. The number of rotatable bonds is 12. The molecule has 7 heterocycles. The number of hydrogen-bond donors (Lipinski definition) is 3. The summed E-state index contributed by atoms with van der Waals surface area (Å²) < 4.78 is 22.1. The minimum atomic E-state index is -0.166. The van der Waals surface area contributed by atoms with Crippen LogP contribution in [0, 0.1) is 137 Å². The molecular formula is C121H124N12O5. The first-order chi connectivity index (χ1) is 66.0. The van der Waals surface area contributed by atoms with Gasteiger partial charge in [0.05, 0.1) is 76.4 Å². The van der Waals surface area contributed by atoms with Gasteiger partial charge in [-0.05, 0) is 417 Å². The van der Waals surface area contributed by atoms with Gasteiger partial charge in [0, 0.05) is 141 Å². The third-order valence-corrected chi connectivity index (χ3v) is 29.4. The van der Waals surface area contributed by atoms with Crippen molar-refractivity contribution in [1.82, 2.24) is 32.8 Å². The van der Waals surface area contributed by atoms with Crippen molar-refractivity contribution in [2.75, 3.05) is 14.2 Å². The molecule has 0 amide bonds. The monoisotopic (exact) mass is 1820 g/mol. The number of aliphatic hydroxyl groups is 3. The Morgan fingerprint density at radius 3 is 0.775 bits per heavy atom. The molecule has 138 heavy (non-hydrogen) atoms. The molecule has 3 fully saturated rings. The smallest absolute Gasteiger partial charge is 0.190 e. The van der Waals surface area contributed by atoms with E-state index in [0.717, 1.165) is 210 Å². The third-order valence-electron chi connectivity index (χ3n) is 29.4. The molecule has 0 radical (unpaired) electrons. The first-order valence-electron chi connectivity index (χ1n) is 47.5. The van der Waals surface area contributed by atoms with Crippen molar-refractivity contribution in [2.24, 2.45) is 0 Å². The van der Waals surface area contributed by atoms with Crippen molar-refractivity contribution in [3.8, 4) is 78.5 Å². The lowest BCUT2D eigenvalue weighted by atomic mass is 9.93. The number of aryl methyl sites for hydroxylation is 10. The number of aromatic nitrogens is 7. The molecule has 3 saturated carbocycles. The molecule has 7 aromatic heterocycles. The van der Waals surface area contributed by atoms with Crippen LogP contribution in [0.15, 0.2) is 220 Å². The minimum absolute atomic E-state index is 0. The van der Waals surface area contributed by atoms with Gasteiger partial charge >= 0.3 is 0 Å². The second-order valence-corrected chi connectivity index (χ2v) is 37.8. The molecule has 0 unspecified atom stereocenters. The summed E-state index contributed by atoms with van der Waals surface area (Å²) in [5.41, 5.74) is 40.6. The van der Waals surface area contributed by atoms with Crippen LogP contribution in [0.3, 0.4) is 0 Å². The van der Waals surface area contributed by atoms with E-state index in [1.807, 2.05) is 114 Å². The van der Waals surface area contributed by atoms with Gasteiger partial charge in [-0.3, -0.25) is 9.97 Å². The highest BCUT2D eigenvalue weighted by Crippen LogP contribution is 2.48. The van der Waals surface area contributed by atoms with Gasteiger partial charge in [-0.1, -0.05) is 62.0 Å². The van der Waals surface area contributed by atoms with E-state index in [0.29, 0.717) is 35.2 Å². The zero-order valence-electron chi connectivity index (χ0n) is 81.8. The molecule has 0 atom stereocenters. The fourth-order valence-electron chi connectivity index (χ4n) is 20.3. The van der Waals surface area contributed by atoms with E-state index >= 15 is 0 Å². The van der Waals surface area contributed by atoms with Crippen molar-refractivity contribution in [3.63, 3.8) is 0 Å². The average molecular weight is 1830 g/mol. The molecule has 0 saturated heterocycles. The van der Waals surface area contributed by atoms with Crippen LogP contribution in [0.25, 0.3) is 146 Å². The maximum Gasteiger partial charge on any atom is 0.190 e. The molecule has 20 rings (SSSR count). The molecule has 3 aliphatic rings. The van der Waals surface area contributed by atoms with Crippen molar-refractivity contribution in [3.05, 3.63) is 360 Å². The lowest BCUT2D eigenvalue weighted by molar-refractivity contribution is 0.111. The van der Waals surface area contributed by atoms with Crippen LogP contribution in [0.5, 0.6) is 11.5 Å². The SMILES string of the molecule is C.[C-]#[N+]c1cc2c(-c3cccc(C)c3C)cn(-c3ccc(OC)cc3)c2cc1C.[C-]#[N+]c1cc2c(-c3cccc(C)c3C)cn(C3CCC(O)CC3)c2cc1C.[C-]#[N+]c1cc2c(-c3cccc(C)c3C)cn(C3CCC(O)CC3)c2cc1C.[C-]#[N+]c1cc2c(-c3cncc(C)c3C)cn(-c3ccc(OC)cc3)c2cc1C.[C-]#[N+]c1cc2c(-c3cncc(C)c3C)cn(C3CCC(O)CC3)c2cc1C. The van der Waals surface area contributed by atoms with E-state index in [2.05, 4.69) is 266 Å². The van der Waals surface area contributed by atoms with E-state index < -0.39 is 0 Å². The molecule has 17 aromatic rings. The summed E-state index contributed by atoms with van der Waals surface area (Å²) in [5, 5.41) is 35.3. The number of fused-ring (bicyclic) bond motifs is 5. The summed E-state index contributed by atoms with van der Waals surface area (Å²) in [7, 11) is 3.34. The highest BCUT2D eigenvalue weighted by Gasteiger charge is 2.30. The second kappa shape index (κ2) is 41.8. The maximum atomic E-state index is 9.91. The highest BCUT2D eigenvalue weighted by atomic mass is 16.5. The number of nitrogens with zero attached hydrogens (tertiary/aromatic N) is 12. The third kappa shape index (κ3) is 19.5. The van der Waals surface area contributed by atoms with Crippen molar-refractivity contribution in [1.29, 1.82) is 0 Å². The normalized spacial score (nSPS) is 16.1. The van der Waals surface area contributed by atoms with Crippen LogP contribution in [0.4, 0.5) is 28.4 Å². The van der Waals surface area contributed by atoms with Gasteiger partial charge in [-0.25, -0.2) is 24.2 Å². The van der Waals surface area contributed by atoms with Crippen LogP contribution < -0.4 is 9.47 Å². The Kier molecular flexibility index (Phi) is 29.6. The van der Waals surface area contributed by atoms with E-state index in [4.69, 9.17) is 42.3 Å². The molecular weight excluding hydrogens is 1700 g/mol. The summed E-state index contributed by atoms with van der Waals surface area (Å²) in [6, 6.07) is 57.4. The summed E-state index contributed by atoms with van der Waals surface area (Å²) in [6.45, 7) is 69.0. The molecule has 3 aliphatic carbocycles. The number of pyridine rings is 2. The van der Waals surface area contributed by atoms with Gasteiger partial charge in [0.15, 0.2) is 28.4 Å². The number of aliphatic hydroxyl groups excluding tert-OH is 3. The van der Waals surface area contributed by atoms with Crippen molar-refractivity contribution >= 4 is 83.0 Å². The molecule has 0 spiro atoms. The number of ether oxygens (including phenoxy) is 2. The van der Waals surface area contributed by atoms with Gasteiger partial charge in [0.2, 0.25) is 0 Å². The first-order valence-corrected chi connectivity index (χ1v) is 47.5. The fraction of sp³-hybridized carbons (Fsp3) is 0.298. The first kappa shape index (κ1) is 97.7. The lowest BCUT2D eigenvalue weighted by Crippen LogP contribution is -2.20. The standard InChI is InChI=1S/C25H22N2O.C24H21N3O.2C24H26N2O.C23H25N3O.CH4/c1-16-7-6-8-21(18(16)3)23-15-27(19-9-11-20(28-5)12-10-19)25-13-17(2)24(26-4)14-22(23)25;1-15-10-24-20(11-23(15)25-4)22(21-13-26-12-16(2)17(21)3)14-27(24)18-6-8-19(28-5)9-7-18;2*1-15-6-5-7-20(17(15)3)22-14-26(18-8-10-19(27)11-9-18)24-12-16(2)23(25-4)13-21(22)24;1-14-9-23-19(10-22(14)24-4)21(20-12-25-11-15(2)16(20)3)13-26(23)17-5-7-18(27)8-6-17;/h6-15H,1-3,5H3;6-14H,1-3,5H3;2*5-7,12-14,18-19,27H,8-11H2,1-3H3;9-13,17-18,27H,5-8H2,1-3H3;1H4. The quantitative estimate of drug-likeness (QED) is 0.103. The summed E-state index contributed by atoms with van der Waals surface area (Å²) in [4.78, 5) is 27.4. The van der Waals surface area contributed by atoms with Gasteiger partial charge < -0.3 is 47.6 Å². The van der Waals surface area contributed by atoms with Gasteiger partial charge in [-0.2, -0.15) is 0 Å². The predicted octanol–water partition coefficient (Wildman–Crippen LogP) is 31.8. The number of methoxy groups -OCH3 is 2. The largest absolute Gasteiger partial charge is 0.497 e. The minimum Gasteiger partial charge on any atom is -0.497 e. The molecule has 0 aliphatic heterocycles. The summed E-state index contributed by atoms with van der Waals surface area (Å²) >= 11 is 0. The van der Waals surface area contributed by atoms with Gasteiger partial charge in [-0.15, -0.1) is 0 Å². The number of hydrogen-bond acceptors (Lipinski definition) is 7. The van der Waals surface area contributed by atoms with Crippen molar-refractivity contribution in [2.45, 2.75) is 225 Å². The average Bonchev–Trinajstić information content (AvgIpc) is 1.70. The van der Waals surface area contributed by atoms with E-state index in [1.54, 1.807) is 14.2 Å². The Morgan fingerprint density at radius 1 is 0.268 bits per heavy atom. The zero-order valence-corrected chi connectivity index (χ0v) is 81.8.